The van der Waals surface area contributed by atoms with Crippen molar-refractivity contribution < 1.29 is 23.5 Å². The zero-order valence-electron chi connectivity index (χ0n) is 19.7. The van der Waals surface area contributed by atoms with E-state index in [0.717, 1.165) is 17.7 Å². The Morgan fingerprint density at radius 1 is 1.09 bits per heavy atom. The molecule has 1 amide bonds. The van der Waals surface area contributed by atoms with Crippen molar-refractivity contribution in [2.24, 2.45) is 5.92 Å². The number of nitrogens with one attached hydrogen (secondary N) is 1. The standard InChI is InChI=1S/C26H27F2N3O4/c1-15(2)12-22(31-11-10-16(3)13-23(31)32)26(35)30-21(14-24(33)34)19-8-5-9-20(29-19)25-17(27)6-4-7-18(25)28/h4-11,13,15,21-22H,12,14H2,1-3H3,(H,30,35)(H,33,34)/t21-,22+/m0/s1. The second-order valence-corrected chi connectivity index (χ2v) is 8.80. The van der Waals surface area contributed by atoms with Crippen LogP contribution in [0.1, 0.15) is 50.0 Å². The maximum atomic E-state index is 14.3. The lowest BCUT2D eigenvalue weighted by Crippen LogP contribution is -2.40. The molecular formula is C26H27F2N3O4. The van der Waals surface area contributed by atoms with E-state index in [4.69, 9.17) is 0 Å². The second kappa shape index (κ2) is 11.0. The first kappa shape index (κ1) is 25.7. The van der Waals surface area contributed by atoms with E-state index in [-0.39, 0.29) is 28.4 Å². The molecule has 0 aliphatic heterocycles. The van der Waals surface area contributed by atoms with Crippen molar-refractivity contribution in [3.8, 4) is 11.3 Å². The Hall–Kier alpha value is -3.88. The smallest absolute Gasteiger partial charge is 0.305 e. The van der Waals surface area contributed by atoms with Gasteiger partial charge in [0.05, 0.1) is 29.4 Å². The number of carboxylic acids is 1. The number of aryl methyl sites for hydroxylation is 1. The molecular weight excluding hydrogens is 456 g/mol. The van der Waals surface area contributed by atoms with Gasteiger partial charge in [-0.15, -0.1) is 0 Å². The van der Waals surface area contributed by atoms with Crippen molar-refractivity contribution in [1.82, 2.24) is 14.9 Å². The molecule has 0 aliphatic rings. The van der Waals surface area contributed by atoms with Crippen LogP contribution in [0, 0.1) is 24.5 Å². The SMILES string of the molecule is Cc1ccn([C@H](CC(C)C)C(=O)N[C@@H](CC(=O)O)c2cccc(-c3c(F)cccc3F)n2)c(=O)c1. The summed E-state index contributed by atoms with van der Waals surface area (Å²) in [5, 5.41) is 12.1. The van der Waals surface area contributed by atoms with Gasteiger partial charge in [-0.3, -0.25) is 19.4 Å². The number of carbonyl (C=O) groups is 2. The van der Waals surface area contributed by atoms with Crippen LogP contribution in [0.4, 0.5) is 8.78 Å². The highest BCUT2D eigenvalue weighted by atomic mass is 19.1. The zero-order chi connectivity index (χ0) is 25.7. The minimum absolute atomic E-state index is 0.0313. The third kappa shape index (κ3) is 6.38. The van der Waals surface area contributed by atoms with Gasteiger partial charge in [0.2, 0.25) is 5.91 Å². The Morgan fingerprint density at radius 2 is 1.74 bits per heavy atom. The highest BCUT2D eigenvalue weighted by Gasteiger charge is 2.27. The van der Waals surface area contributed by atoms with E-state index >= 15 is 0 Å². The number of benzene rings is 1. The van der Waals surface area contributed by atoms with Crippen LogP contribution in [0.3, 0.4) is 0 Å². The predicted molar refractivity (Wildman–Crippen MR) is 127 cm³/mol. The number of pyridine rings is 2. The molecule has 0 aliphatic carbocycles. The summed E-state index contributed by atoms with van der Waals surface area (Å²) in [6.07, 6.45) is 1.36. The molecule has 0 spiro atoms. The van der Waals surface area contributed by atoms with Crippen LogP contribution < -0.4 is 10.9 Å². The fourth-order valence-corrected chi connectivity index (χ4v) is 3.84. The Balaban J connectivity index is 1.98. The number of carbonyl (C=O) groups excluding carboxylic acids is 1. The van der Waals surface area contributed by atoms with Gasteiger partial charge in [-0.05, 0) is 55.2 Å². The van der Waals surface area contributed by atoms with Gasteiger partial charge in [0.15, 0.2) is 0 Å². The van der Waals surface area contributed by atoms with Gasteiger partial charge in [-0.2, -0.15) is 0 Å². The Kier molecular flexibility index (Phi) is 8.11. The molecule has 2 heterocycles. The van der Waals surface area contributed by atoms with E-state index in [1.165, 1.54) is 41.1 Å². The van der Waals surface area contributed by atoms with Gasteiger partial charge in [0, 0.05) is 12.3 Å². The van der Waals surface area contributed by atoms with Crippen molar-refractivity contribution in [2.75, 3.05) is 0 Å². The topological polar surface area (TPSA) is 101 Å². The molecule has 0 bridgehead atoms. The number of rotatable bonds is 9. The van der Waals surface area contributed by atoms with E-state index in [2.05, 4.69) is 10.3 Å². The van der Waals surface area contributed by atoms with Crippen LogP contribution in [-0.2, 0) is 9.59 Å². The largest absolute Gasteiger partial charge is 0.481 e. The van der Waals surface area contributed by atoms with E-state index in [1.807, 2.05) is 13.8 Å². The molecule has 7 nitrogen and oxygen atoms in total. The van der Waals surface area contributed by atoms with Crippen molar-refractivity contribution in [1.29, 1.82) is 0 Å². The maximum Gasteiger partial charge on any atom is 0.305 e. The lowest BCUT2D eigenvalue weighted by atomic mass is 10.0. The van der Waals surface area contributed by atoms with Gasteiger partial charge in [-0.1, -0.05) is 26.0 Å². The molecule has 0 fully saturated rings. The first-order valence-electron chi connectivity index (χ1n) is 11.2. The van der Waals surface area contributed by atoms with Gasteiger partial charge in [-0.25, -0.2) is 8.78 Å². The average Bonchev–Trinajstić information content (AvgIpc) is 2.77. The number of halogens is 2. The highest BCUT2D eigenvalue weighted by molar-refractivity contribution is 5.81. The first-order valence-corrected chi connectivity index (χ1v) is 11.2. The molecule has 2 N–H and O–H groups in total. The zero-order valence-corrected chi connectivity index (χ0v) is 19.7. The second-order valence-electron chi connectivity index (χ2n) is 8.80. The lowest BCUT2D eigenvalue weighted by molar-refractivity contribution is -0.138. The third-order valence-corrected chi connectivity index (χ3v) is 5.48. The van der Waals surface area contributed by atoms with Crippen LogP contribution in [0.15, 0.2) is 59.5 Å². The number of aliphatic carboxylic acids is 1. The molecule has 3 aromatic rings. The molecule has 9 heteroatoms. The minimum atomic E-state index is -1.20. The number of hydrogen-bond donors (Lipinski definition) is 2. The van der Waals surface area contributed by atoms with Gasteiger partial charge in [0.25, 0.3) is 5.56 Å². The number of nitrogens with zero attached hydrogens (tertiary/aromatic N) is 2. The van der Waals surface area contributed by atoms with Gasteiger partial charge >= 0.3 is 5.97 Å². The molecule has 2 aromatic heterocycles. The normalized spacial score (nSPS) is 12.9. The summed E-state index contributed by atoms with van der Waals surface area (Å²) in [6, 6.07) is 8.95. The van der Waals surface area contributed by atoms with Crippen molar-refractivity contribution in [3.63, 3.8) is 0 Å². The predicted octanol–water partition coefficient (Wildman–Crippen LogP) is 4.42. The summed E-state index contributed by atoms with van der Waals surface area (Å²) in [6.45, 7) is 5.58. The molecule has 184 valence electrons. The summed E-state index contributed by atoms with van der Waals surface area (Å²) < 4.78 is 29.9. The molecule has 35 heavy (non-hydrogen) atoms. The number of amides is 1. The van der Waals surface area contributed by atoms with Crippen LogP contribution >= 0.6 is 0 Å². The summed E-state index contributed by atoms with van der Waals surface area (Å²) in [5.41, 5.74) is 0.145. The molecule has 0 saturated carbocycles. The van der Waals surface area contributed by atoms with Crippen LogP contribution in [-0.4, -0.2) is 26.5 Å². The molecule has 0 saturated heterocycles. The molecule has 0 radical (unpaired) electrons. The first-order chi connectivity index (χ1) is 16.6. The summed E-state index contributed by atoms with van der Waals surface area (Å²) >= 11 is 0. The monoisotopic (exact) mass is 483 g/mol. The molecule has 2 atom stereocenters. The van der Waals surface area contributed by atoms with E-state index < -0.39 is 42.0 Å². The third-order valence-electron chi connectivity index (χ3n) is 5.48. The summed E-state index contributed by atoms with van der Waals surface area (Å²) in [5.74, 6) is -3.33. The van der Waals surface area contributed by atoms with Crippen LogP contribution in [0.2, 0.25) is 0 Å². The summed E-state index contributed by atoms with van der Waals surface area (Å²) in [4.78, 5) is 41.8. The quantitative estimate of drug-likeness (QED) is 0.469. The van der Waals surface area contributed by atoms with Crippen molar-refractivity contribution in [3.05, 3.63) is 88.0 Å². The maximum absolute atomic E-state index is 14.3. The minimum Gasteiger partial charge on any atom is -0.481 e. The Morgan fingerprint density at radius 3 is 2.34 bits per heavy atom. The highest BCUT2D eigenvalue weighted by Crippen LogP contribution is 2.27. The van der Waals surface area contributed by atoms with E-state index in [0.29, 0.717) is 6.42 Å². The number of carboxylic acid groups (broad SMARTS) is 1. The average molecular weight is 484 g/mol. The fraction of sp³-hybridized carbons (Fsp3) is 0.308. The van der Waals surface area contributed by atoms with Crippen molar-refractivity contribution >= 4 is 11.9 Å². The van der Waals surface area contributed by atoms with E-state index in [9.17, 15) is 28.3 Å². The number of hydrogen-bond acceptors (Lipinski definition) is 4. The van der Waals surface area contributed by atoms with Crippen LogP contribution in [0.25, 0.3) is 11.3 Å². The van der Waals surface area contributed by atoms with Gasteiger partial charge in [0.1, 0.15) is 17.7 Å². The van der Waals surface area contributed by atoms with Gasteiger partial charge < -0.3 is 15.0 Å². The van der Waals surface area contributed by atoms with E-state index in [1.54, 1.807) is 13.0 Å². The van der Waals surface area contributed by atoms with Crippen LogP contribution in [0.5, 0.6) is 0 Å². The Labute approximate surface area is 201 Å². The molecule has 1 aromatic carbocycles. The fourth-order valence-electron chi connectivity index (χ4n) is 3.84. The van der Waals surface area contributed by atoms with Crippen molar-refractivity contribution in [2.45, 2.75) is 45.7 Å². The number of aromatic nitrogens is 2. The summed E-state index contributed by atoms with van der Waals surface area (Å²) in [7, 11) is 0. The lowest BCUT2D eigenvalue weighted by Gasteiger charge is -2.24. The molecule has 0 unspecified atom stereocenters. The molecule has 3 rings (SSSR count). The Bertz CT molecular complexity index is 1270.